The molecular weight excluding hydrogens is 380 g/mol. The van der Waals surface area contributed by atoms with Crippen LogP contribution in [0.5, 0.6) is 0 Å². The third-order valence-corrected chi connectivity index (χ3v) is 6.44. The van der Waals surface area contributed by atoms with E-state index in [1.54, 1.807) is 11.8 Å². The number of benzene rings is 2. The summed E-state index contributed by atoms with van der Waals surface area (Å²) < 4.78 is 0. The van der Waals surface area contributed by atoms with Crippen LogP contribution in [0.2, 0.25) is 0 Å². The molecule has 2 aromatic carbocycles. The van der Waals surface area contributed by atoms with Gasteiger partial charge in [-0.25, -0.2) is 0 Å². The monoisotopic (exact) mass is 402 g/mol. The third kappa shape index (κ3) is 4.30. The summed E-state index contributed by atoms with van der Waals surface area (Å²) in [5, 5.41) is 2.82. The number of nitrogens with zero attached hydrogens (tertiary/aromatic N) is 1. The Labute approximate surface area is 169 Å². The van der Waals surface area contributed by atoms with E-state index >= 15 is 0 Å². The predicted octanol–water partition coefficient (Wildman–Crippen LogP) is 4.98. The van der Waals surface area contributed by atoms with E-state index in [1.807, 2.05) is 74.2 Å². The van der Waals surface area contributed by atoms with Gasteiger partial charge in [0.2, 0.25) is 11.8 Å². The number of alkyl halides is 1. The summed E-state index contributed by atoms with van der Waals surface area (Å²) in [6, 6.07) is 15.6. The molecule has 27 heavy (non-hydrogen) atoms. The van der Waals surface area contributed by atoms with E-state index in [2.05, 4.69) is 5.32 Å². The molecule has 0 saturated carbocycles. The fraction of sp³-hybridized carbons (Fsp3) is 0.333. The normalized spacial score (nSPS) is 17.3. The molecule has 1 heterocycles. The van der Waals surface area contributed by atoms with Gasteiger partial charge in [-0.15, -0.1) is 23.4 Å². The Morgan fingerprint density at radius 1 is 1.26 bits per heavy atom. The Bertz CT molecular complexity index is 852. The number of amides is 2. The molecule has 1 fully saturated rings. The number of carbonyl (C=O) groups excluding carboxylic acids is 2. The van der Waals surface area contributed by atoms with Gasteiger partial charge in [-0.05, 0) is 50.6 Å². The number of hydrogen-bond acceptors (Lipinski definition) is 3. The Morgan fingerprint density at radius 2 is 1.96 bits per heavy atom. The minimum absolute atomic E-state index is 0.0894. The standard InChI is InChI=1S/C21H23ClN2O2S/c1-14-7-9-17(10-8-14)24-18(25)12-27-19(24)15-5-4-6-16(11-15)23-20(26)21(2,3)13-22/h4-11,19H,12-13H2,1-3H3,(H,23,26)/t19-/m0/s1. The Balaban J connectivity index is 1.86. The molecule has 0 bridgehead atoms. The van der Waals surface area contributed by atoms with Crippen LogP contribution >= 0.6 is 23.4 Å². The van der Waals surface area contributed by atoms with E-state index in [9.17, 15) is 9.59 Å². The number of thioether (sulfide) groups is 1. The second-order valence-electron chi connectivity index (χ2n) is 7.36. The van der Waals surface area contributed by atoms with Crippen LogP contribution < -0.4 is 10.2 Å². The molecule has 0 aromatic heterocycles. The molecule has 2 amide bonds. The minimum atomic E-state index is -0.649. The summed E-state index contributed by atoms with van der Waals surface area (Å²) in [4.78, 5) is 26.7. The Kier molecular flexibility index (Phi) is 5.82. The Morgan fingerprint density at radius 3 is 2.63 bits per heavy atom. The van der Waals surface area contributed by atoms with Crippen molar-refractivity contribution in [2.24, 2.45) is 5.41 Å². The van der Waals surface area contributed by atoms with Gasteiger partial charge in [-0.3, -0.25) is 14.5 Å². The number of anilines is 2. The zero-order chi connectivity index (χ0) is 19.6. The van der Waals surface area contributed by atoms with Crippen LogP contribution in [0.15, 0.2) is 48.5 Å². The van der Waals surface area contributed by atoms with Crippen LogP contribution in [-0.2, 0) is 9.59 Å². The van der Waals surface area contributed by atoms with Gasteiger partial charge in [0, 0.05) is 17.3 Å². The van der Waals surface area contributed by atoms with Crippen LogP contribution in [0.3, 0.4) is 0 Å². The van der Waals surface area contributed by atoms with Crippen LogP contribution in [0.1, 0.15) is 30.3 Å². The summed E-state index contributed by atoms with van der Waals surface area (Å²) in [5.74, 6) is 0.646. The van der Waals surface area contributed by atoms with Gasteiger partial charge in [-0.1, -0.05) is 29.8 Å². The van der Waals surface area contributed by atoms with Gasteiger partial charge in [0.15, 0.2) is 0 Å². The number of nitrogens with one attached hydrogen (secondary N) is 1. The molecule has 1 N–H and O–H groups in total. The van der Waals surface area contributed by atoms with E-state index in [-0.39, 0.29) is 23.1 Å². The second-order valence-corrected chi connectivity index (χ2v) is 8.70. The number of carbonyl (C=O) groups is 2. The average molecular weight is 403 g/mol. The minimum Gasteiger partial charge on any atom is -0.326 e. The van der Waals surface area contributed by atoms with Crippen LogP contribution in [0.4, 0.5) is 11.4 Å². The highest BCUT2D eigenvalue weighted by Gasteiger charge is 2.34. The molecule has 0 radical (unpaired) electrons. The predicted molar refractivity (Wildman–Crippen MR) is 113 cm³/mol. The maximum Gasteiger partial charge on any atom is 0.238 e. The van der Waals surface area contributed by atoms with Crippen molar-refractivity contribution in [1.29, 1.82) is 0 Å². The first-order chi connectivity index (χ1) is 12.8. The van der Waals surface area contributed by atoms with Crippen molar-refractivity contribution in [3.05, 3.63) is 59.7 Å². The largest absolute Gasteiger partial charge is 0.326 e. The van der Waals surface area contributed by atoms with Crippen LogP contribution in [-0.4, -0.2) is 23.4 Å². The third-order valence-electron chi connectivity index (χ3n) is 4.56. The fourth-order valence-electron chi connectivity index (χ4n) is 2.79. The number of aryl methyl sites for hydroxylation is 1. The zero-order valence-corrected chi connectivity index (χ0v) is 17.2. The van der Waals surface area contributed by atoms with Crippen molar-refractivity contribution in [1.82, 2.24) is 0 Å². The van der Waals surface area contributed by atoms with Crippen molar-refractivity contribution in [3.8, 4) is 0 Å². The molecule has 4 nitrogen and oxygen atoms in total. The summed E-state index contributed by atoms with van der Waals surface area (Å²) >= 11 is 7.49. The molecule has 0 aliphatic carbocycles. The van der Waals surface area contributed by atoms with E-state index in [0.29, 0.717) is 11.4 Å². The molecule has 1 aliphatic rings. The van der Waals surface area contributed by atoms with Gasteiger partial charge in [0.05, 0.1) is 11.2 Å². The molecule has 142 valence electrons. The first-order valence-electron chi connectivity index (χ1n) is 8.79. The highest BCUT2D eigenvalue weighted by Crippen LogP contribution is 2.42. The molecule has 0 unspecified atom stereocenters. The Hall–Kier alpha value is -1.98. The van der Waals surface area contributed by atoms with E-state index in [1.165, 1.54) is 0 Å². The van der Waals surface area contributed by atoms with E-state index < -0.39 is 5.41 Å². The lowest BCUT2D eigenvalue weighted by Gasteiger charge is -2.25. The molecule has 6 heteroatoms. The first kappa shape index (κ1) is 19.8. The van der Waals surface area contributed by atoms with Crippen molar-refractivity contribution in [2.45, 2.75) is 26.1 Å². The smallest absolute Gasteiger partial charge is 0.238 e. The summed E-state index contributed by atoms with van der Waals surface area (Å²) in [6.07, 6.45) is 0. The molecule has 1 saturated heterocycles. The van der Waals surface area contributed by atoms with Gasteiger partial charge >= 0.3 is 0 Å². The summed E-state index contributed by atoms with van der Waals surface area (Å²) in [5.41, 5.74) is 3.08. The lowest BCUT2D eigenvalue weighted by molar-refractivity contribution is -0.123. The topological polar surface area (TPSA) is 49.4 Å². The quantitative estimate of drug-likeness (QED) is 0.717. The molecule has 0 spiro atoms. The highest BCUT2D eigenvalue weighted by atomic mass is 35.5. The number of halogens is 1. The molecular formula is C21H23ClN2O2S. The number of hydrogen-bond donors (Lipinski definition) is 1. The van der Waals surface area contributed by atoms with Crippen LogP contribution in [0, 0.1) is 12.3 Å². The van der Waals surface area contributed by atoms with Crippen molar-refractivity contribution in [3.63, 3.8) is 0 Å². The van der Waals surface area contributed by atoms with Crippen molar-refractivity contribution in [2.75, 3.05) is 21.8 Å². The fourth-order valence-corrected chi connectivity index (χ4v) is 4.07. The van der Waals surface area contributed by atoms with Gasteiger partial charge in [-0.2, -0.15) is 0 Å². The SMILES string of the molecule is Cc1ccc(N2C(=O)CS[C@H]2c2cccc(NC(=O)C(C)(C)CCl)c2)cc1. The molecule has 2 aromatic rings. The maximum absolute atomic E-state index is 12.5. The summed E-state index contributed by atoms with van der Waals surface area (Å²) in [7, 11) is 0. The number of rotatable bonds is 5. The zero-order valence-electron chi connectivity index (χ0n) is 15.7. The van der Waals surface area contributed by atoms with Crippen LogP contribution in [0.25, 0.3) is 0 Å². The van der Waals surface area contributed by atoms with Gasteiger partial charge < -0.3 is 5.32 Å². The molecule has 1 atom stereocenters. The maximum atomic E-state index is 12.5. The lowest BCUT2D eigenvalue weighted by Crippen LogP contribution is -2.32. The summed E-state index contributed by atoms with van der Waals surface area (Å²) in [6.45, 7) is 5.64. The van der Waals surface area contributed by atoms with E-state index in [0.717, 1.165) is 16.8 Å². The van der Waals surface area contributed by atoms with Crippen molar-refractivity contribution >= 4 is 46.6 Å². The van der Waals surface area contributed by atoms with E-state index in [4.69, 9.17) is 11.6 Å². The second kappa shape index (κ2) is 7.95. The molecule has 3 rings (SSSR count). The van der Waals surface area contributed by atoms with Gasteiger partial charge in [0.25, 0.3) is 0 Å². The molecule has 1 aliphatic heterocycles. The lowest BCUT2D eigenvalue weighted by atomic mass is 9.95. The van der Waals surface area contributed by atoms with Crippen molar-refractivity contribution < 1.29 is 9.59 Å². The highest BCUT2D eigenvalue weighted by molar-refractivity contribution is 8.00. The first-order valence-corrected chi connectivity index (χ1v) is 10.4. The van der Waals surface area contributed by atoms with Gasteiger partial charge in [0.1, 0.15) is 5.37 Å². The average Bonchev–Trinajstić information content (AvgIpc) is 3.04.